The molecule has 3 unspecified atom stereocenters. The van der Waals surface area contributed by atoms with Crippen LogP contribution in [0.1, 0.15) is 117 Å². The number of hydrogen-bond acceptors (Lipinski definition) is 5. The van der Waals surface area contributed by atoms with Crippen molar-refractivity contribution in [3.05, 3.63) is 0 Å². The first-order valence-electron chi connectivity index (χ1n) is 14.9. The van der Waals surface area contributed by atoms with Crippen LogP contribution in [0.25, 0.3) is 0 Å². The van der Waals surface area contributed by atoms with Crippen LogP contribution in [-0.2, 0) is 23.4 Å². The van der Waals surface area contributed by atoms with Crippen molar-refractivity contribution in [2.45, 2.75) is 123 Å². The van der Waals surface area contributed by atoms with E-state index in [2.05, 4.69) is 13.8 Å². The number of rotatable bonds is 24. The van der Waals surface area contributed by atoms with Crippen molar-refractivity contribution in [1.29, 1.82) is 0 Å². The van der Waals surface area contributed by atoms with Gasteiger partial charge in [0.1, 0.15) is 6.10 Å². The standard InChI is InChI=1S/C28H56NO6P/c1-4-6-7-8-9-10-11-12-13-14-17-27(5-2)18-22-33-24-28(35-26(3)30)25-34-36(31,32)23-21-29-19-15-16-20-29/h27-28H,4-25H2,1-3H3,(H,31,32)/p+1. The van der Waals surface area contributed by atoms with Gasteiger partial charge in [0.2, 0.25) is 0 Å². The Morgan fingerprint density at radius 3 is 2.11 bits per heavy atom. The maximum absolute atomic E-state index is 12.4. The number of esters is 1. The lowest BCUT2D eigenvalue weighted by atomic mass is 9.95. The number of likely N-dealkylation sites (tertiary alicyclic amines) is 1. The van der Waals surface area contributed by atoms with Crippen LogP contribution in [0.15, 0.2) is 0 Å². The van der Waals surface area contributed by atoms with Crippen LogP contribution >= 0.6 is 7.60 Å². The highest BCUT2D eigenvalue weighted by molar-refractivity contribution is 7.52. The molecule has 3 atom stereocenters. The van der Waals surface area contributed by atoms with Crippen molar-refractivity contribution >= 4 is 13.6 Å². The van der Waals surface area contributed by atoms with Crippen LogP contribution in [0.5, 0.6) is 0 Å². The van der Waals surface area contributed by atoms with Gasteiger partial charge in [-0.05, 0) is 12.3 Å². The molecule has 0 saturated carbocycles. The highest BCUT2D eigenvalue weighted by atomic mass is 31.2. The third-order valence-corrected chi connectivity index (χ3v) is 8.71. The fourth-order valence-corrected chi connectivity index (χ4v) is 6.10. The first kappa shape index (κ1) is 33.6. The molecule has 1 aliphatic rings. The number of hydrogen-bond donors (Lipinski definition) is 2. The van der Waals surface area contributed by atoms with Gasteiger partial charge in [-0.25, -0.2) is 0 Å². The quantitative estimate of drug-likeness (QED) is 0.0960. The van der Waals surface area contributed by atoms with Crippen molar-refractivity contribution in [3.8, 4) is 0 Å². The second-order valence-electron chi connectivity index (χ2n) is 10.7. The number of unbranched alkanes of at least 4 members (excludes halogenated alkanes) is 9. The lowest BCUT2D eigenvalue weighted by Gasteiger charge is -2.21. The van der Waals surface area contributed by atoms with Gasteiger partial charge < -0.3 is 23.8 Å². The highest BCUT2D eigenvalue weighted by Crippen LogP contribution is 2.41. The minimum Gasteiger partial charge on any atom is -0.458 e. The molecule has 7 nitrogen and oxygen atoms in total. The normalized spacial score (nSPS) is 17.7. The Kier molecular flexibility index (Phi) is 20.0. The average Bonchev–Trinajstić information content (AvgIpc) is 3.37. The minimum atomic E-state index is -3.70. The van der Waals surface area contributed by atoms with Gasteiger partial charge >= 0.3 is 13.6 Å². The van der Waals surface area contributed by atoms with Gasteiger partial charge in [0, 0.05) is 26.4 Å². The maximum atomic E-state index is 12.4. The molecule has 2 N–H and O–H groups in total. The number of carbonyl (C=O) groups is 1. The summed E-state index contributed by atoms with van der Waals surface area (Å²) in [4.78, 5) is 23.0. The highest BCUT2D eigenvalue weighted by Gasteiger charge is 2.26. The maximum Gasteiger partial charge on any atom is 0.333 e. The summed E-state index contributed by atoms with van der Waals surface area (Å²) in [5.74, 6) is 0.210. The zero-order valence-electron chi connectivity index (χ0n) is 23.6. The number of ether oxygens (including phenoxy) is 2. The fourth-order valence-electron chi connectivity index (χ4n) is 4.98. The molecule has 1 fully saturated rings. The van der Waals surface area contributed by atoms with Gasteiger partial charge in [-0.3, -0.25) is 9.36 Å². The summed E-state index contributed by atoms with van der Waals surface area (Å²) in [6, 6.07) is 0. The SMILES string of the molecule is CCCCCCCCCCCCC(CC)CCOCC(COP(=O)(O)CC[NH+]1CCCC1)OC(C)=O. The van der Waals surface area contributed by atoms with E-state index >= 15 is 0 Å². The second kappa shape index (κ2) is 21.5. The number of quaternary nitrogens is 1. The van der Waals surface area contributed by atoms with Crippen molar-refractivity contribution in [3.63, 3.8) is 0 Å². The van der Waals surface area contributed by atoms with E-state index in [4.69, 9.17) is 14.0 Å². The molecule has 0 radical (unpaired) electrons. The lowest BCUT2D eigenvalue weighted by Crippen LogP contribution is -3.10. The Hall–Kier alpha value is -0.460. The van der Waals surface area contributed by atoms with Crippen LogP contribution < -0.4 is 4.90 Å². The molecule has 36 heavy (non-hydrogen) atoms. The zero-order chi connectivity index (χ0) is 26.5. The first-order chi connectivity index (χ1) is 17.4. The van der Waals surface area contributed by atoms with E-state index in [0.717, 1.165) is 25.9 Å². The van der Waals surface area contributed by atoms with Gasteiger partial charge in [-0.1, -0.05) is 90.9 Å². The summed E-state index contributed by atoms with van der Waals surface area (Å²) in [5.41, 5.74) is 0. The Balaban J connectivity index is 2.16. The molecule has 0 bridgehead atoms. The molecule has 0 aromatic heterocycles. The Morgan fingerprint density at radius 1 is 0.917 bits per heavy atom. The zero-order valence-corrected chi connectivity index (χ0v) is 24.5. The minimum absolute atomic E-state index is 0.113. The summed E-state index contributed by atoms with van der Waals surface area (Å²) in [6.45, 7) is 9.26. The molecule has 0 aliphatic carbocycles. The predicted octanol–water partition coefficient (Wildman–Crippen LogP) is 5.54. The van der Waals surface area contributed by atoms with Crippen LogP contribution in [0.2, 0.25) is 0 Å². The summed E-state index contributed by atoms with van der Waals surface area (Å²) >= 11 is 0. The van der Waals surface area contributed by atoms with Crippen molar-refractivity contribution in [1.82, 2.24) is 0 Å². The fraction of sp³-hybridized carbons (Fsp3) is 0.964. The Morgan fingerprint density at radius 2 is 1.53 bits per heavy atom. The van der Waals surface area contributed by atoms with Crippen molar-refractivity contribution < 1.29 is 33.2 Å². The van der Waals surface area contributed by atoms with E-state index in [0.29, 0.717) is 19.1 Å². The molecular weight excluding hydrogens is 477 g/mol. The van der Waals surface area contributed by atoms with Crippen LogP contribution in [-0.4, -0.2) is 62.6 Å². The van der Waals surface area contributed by atoms with Crippen LogP contribution in [0.4, 0.5) is 0 Å². The molecule has 214 valence electrons. The van der Waals surface area contributed by atoms with E-state index in [1.165, 1.54) is 95.3 Å². The van der Waals surface area contributed by atoms with Crippen molar-refractivity contribution in [2.75, 3.05) is 45.6 Å². The molecule has 1 aliphatic heterocycles. The summed E-state index contributed by atoms with van der Waals surface area (Å²) < 4.78 is 28.8. The van der Waals surface area contributed by atoms with Crippen molar-refractivity contribution in [2.24, 2.45) is 5.92 Å². The van der Waals surface area contributed by atoms with E-state index in [9.17, 15) is 14.3 Å². The van der Waals surface area contributed by atoms with Gasteiger partial charge in [0.25, 0.3) is 0 Å². The van der Waals surface area contributed by atoms with E-state index in [-0.39, 0.29) is 19.4 Å². The first-order valence-corrected chi connectivity index (χ1v) is 16.7. The monoisotopic (exact) mass is 534 g/mol. The van der Waals surface area contributed by atoms with E-state index in [1.807, 2.05) is 0 Å². The topological polar surface area (TPSA) is 86.5 Å². The average molecular weight is 535 g/mol. The third kappa shape index (κ3) is 18.7. The molecular formula is C28H57NO6P+. The molecule has 1 saturated heterocycles. The molecule has 1 heterocycles. The molecule has 0 aromatic rings. The molecule has 0 amide bonds. The Bertz CT molecular complexity index is 584. The summed E-state index contributed by atoms with van der Waals surface area (Å²) in [5, 5.41) is 0. The van der Waals surface area contributed by atoms with Gasteiger partial charge in [-0.15, -0.1) is 0 Å². The summed E-state index contributed by atoms with van der Waals surface area (Å²) in [7, 11) is -3.70. The van der Waals surface area contributed by atoms with E-state index < -0.39 is 19.7 Å². The van der Waals surface area contributed by atoms with Gasteiger partial charge in [0.15, 0.2) is 0 Å². The predicted molar refractivity (Wildman–Crippen MR) is 147 cm³/mol. The summed E-state index contributed by atoms with van der Waals surface area (Å²) in [6.07, 6.45) is 18.8. The van der Waals surface area contributed by atoms with Crippen LogP contribution in [0.3, 0.4) is 0 Å². The largest absolute Gasteiger partial charge is 0.458 e. The van der Waals surface area contributed by atoms with Gasteiger partial charge in [-0.2, -0.15) is 0 Å². The Labute approximate surface area is 221 Å². The molecule has 1 rings (SSSR count). The molecule has 0 spiro atoms. The van der Waals surface area contributed by atoms with Crippen LogP contribution in [0, 0.1) is 5.92 Å². The second-order valence-corrected chi connectivity index (χ2v) is 12.7. The van der Waals surface area contributed by atoms with Gasteiger partial charge in [0.05, 0.1) is 39.0 Å². The molecule has 8 heteroatoms. The number of nitrogens with one attached hydrogen (secondary N) is 1. The lowest BCUT2D eigenvalue weighted by molar-refractivity contribution is -0.884. The third-order valence-electron chi connectivity index (χ3n) is 7.37. The molecule has 0 aromatic carbocycles. The smallest absolute Gasteiger partial charge is 0.333 e. The number of carbonyl (C=O) groups excluding carboxylic acids is 1. The van der Waals surface area contributed by atoms with E-state index in [1.54, 1.807) is 0 Å².